The third-order valence-corrected chi connectivity index (χ3v) is 6.83. The Kier molecular flexibility index (Phi) is 5.72. The highest BCUT2D eigenvalue weighted by Crippen LogP contribution is 2.34. The van der Waals surface area contributed by atoms with Crippen molar-refractivity contribution in [3.63, 3.8) is 0 Å². The molecule has 0 radical (unpaired) electrons. The van der Waals surface area contributed by atoms with Gasteiger partial charge in [-0.1, -0.05) is 0 Å². The normalized spacial score (nSPS) is 13.4. The van der Waals surface area contributed by atoms with Crippen LogP contribution in [0.25, 0.3) is 22.0 Å². The molecule has 0 aliphatic carbocycles. The van der Waals surface area contributed by atoms with Crippen molar-refractivity contribution < 1.29 is 13.2 Å². The maximum absolute atomic E-state index is 12.1. The summed E-state index contributed by atoms with van der Waals surface area (Å²) in [4.78, 5) is 4.16. The average molecular weight is 475 g/mol. The van der Waals surface area contributed by atoms with Crippen molar-refractivity contribution in [3.05, 3.63) is 35.5 Å². The van der Waals surface area contributed by atoms with Crippen LogP contribution in [-0.2, 0) is 21.5 Å². The summed E-state index contributed by atoms with van der Waals surface area (Å²) in [6, 6.07) is 1.81. The number of pyridine rings is 1. The molecule has 27 heavy (non-hydrogen) atoms. The largest absolute Gasteiger partial charge is 0.358 e. The molecule has 3 heterocycles. The Morgan fingerprint density at radius 1 is 1.15 bits per heavy atom. The molecule has 0 atom stereocenters. The van der Waals surface area contributed by atoms with Gasteiger partial charge >= 0.3 is 0 Å². The molecule has 0 aliphatic heterocycles. The molecule has 0 fully saturated rings. The van der Waals surface area contributed by atoms with E-state index in [-0.39, 0.29) is 0 Å². The van der Waals surface area contributed by atoms with E-state index in [1.807, 2.05) is 12.3 Å². The van der Waals surface area contributed by atoms with Gasteiger partial charge in [0.1, 0.15) is 11.3 Å². The molecular formula is C17H23BrN4O3S2. The van der Waals surface area contributed by atoms with Crippen LogP contribution >= 0.6 is 26.0 Å². The maximum atomic E-state index is 12.1. The van der Waals surface area contributed by atoms with Gasteiger partial charge in [0.2, 0.25) is 10.0 Å². The molecule has 0 aliphatic rings. The summed E-state index contributed by atoms with van der Waals surface area (Å²) < 4.78 is 33.6. The van der Waals surface area contributed by atoms with Crippen molar-refractivity contribution in [2.75, 3.05) is 37.4 Å². The van der Waals surface area contributed by atoms with Crippen LogP contribution in [0.3, 0.4) is 0 Å². The molecule has 3 aromatic rings. The van der Waals surface area contributed by atoms with Gasteiger partial charge in [-0.2, -0.15) is 5.10 Å². The molecule has 0 amide bonds. The topological polar surface area (TPSA) is 79.0 Å². The Hall–Kier alpha value is -1.36. The van der Waals surface area contributed by atoms with E-state index < -0.39 is 20.1 Å². The number of rotatable bonds is 7. The third-order valence-electron chi connectivity index (χ3n) is 3.99. The third kappa shape index (κ3) is 4.92. The first-order valence-electron chi connectivity index (χ1n) is 8.18. The SMILES string of the molecule is CS(C)(C)CCOCn1cc(-c2cn(S(C)(=O)=O)c3cnc(Br)cc23)cn1. The summed E-state index contributed by atoms with van der Waals surface area (Å²) in [5, 5.41) is 5.13. The molecule has 0 spiro atoms. The first-order valence-corrected chi connectivity index (χ1v) is 13.9. The van der Waals surface area contributed by atoms with E-state index in [1.54, 1.807) is 23.3 Å². The van der Waals surface area contributed by atoms with Crippen molar-refractivity contribution in [3.8, 4) is 11.1 Å². The van der Waals surface area contributed by atoms with Gasteiger partial charge in [-0.25, -0.2) is 32.1 Å². The van der Waals surface area contributed by atoms with E-state index in [0.29, 0.717) is 23.5 Å². The van der Waals surface area contributed by atoms with E-state index in [4.69, 9.17) is 4.74 Å². The van der Waals surface area contributed by atoms with Crippen molar-refractivity contribution in [1.29, 1.82) is 0 Å². The Morgan fingerprint density at radius 3 is 2.56 bits per heavy atom. The minimum Gasteiger partial charge on any atom is -0.358 e. The van der Waals surface area contributed by atoms with Gasteiger partial charge in [-0.3, -0.25) is 0 Å². The van der Waals surface area contributed by atoms with Gasteiger partial charge in [0.15, 0.2) is 0 Å². The molecule has 7 nitrogen and oxygen atoms in total. The second-order valence-corrected chi connectivity index (χ2v) is 14.5. The number of hydrogen-bond acceptors (Lipinski definition) is 5. The number of fused-ring (bicyclic) bond motifs is 1. The van der Waals surface area contributed by atoms with Gasteiger partial charge in [-0.05, 0) is 40.8 Å². The average Bonchev–Trinajstić information content (AvgIpc) is 3.14. The molecule has 10 heteroatoms. The number of halogens is 1. The maximum Gasteiger partial charge on any atom is 0.236 e. The zero-order chi connectivity index (χ0) is 19.8. The Labute approximate surface area is 169 Å². The van der Waals surface area contributed by atoms with E-state index >= 15 is 0 Å². The highest BCUT2D eigenvalue weighted by Gasteiger charge is 2.17. The van der Waals surface area contributed by atoms with E-state index in [0.717, 1.165) is 22.3 Å². The predicted octanol–water partition coefficient (Wildman–Crippen LogP) is 3.14. The zero-order valence-corrected chi connectivity index (χ0v) is 18.9. The summed E-state index contributed by atoms with van der Waals surface area (Å²) in [6.07, 6.45) is 14.7. The monoisotopic (exact) mass is 474 g/mol. The molecule has 0 aromatic carbocycles. The Bertz CT molecular complexity index is 1070. The minimum atomic E-state index is -3.44. The molecular weight excluding hydrogens is 452 g/mol. The summed E-state index contributed by atoms with van der Waals surface area (Å²) in [5.41, 5.74) is 2.14. The van der Waals surface area contributed by atoms with Crippen LogP contribution in [-0.4, -0.2) is 64.5 Å². The first-order chi connectivity index (χ1) is 12.5. The summed E-state index contributed by atoms with van der Waals surface area (Å²) in [7, 11) is -4.02. The van der Waals surface area contributed by atoms with Gasteiger partial charge < -0.3 is 4.74 Å². The summed E-state index contributed by atoms with van der Waals surface area (Å²) in [6.45, 7) is 1.06. The fourth-order valence-electron chi connectivity index (χ4n) is 2.62. The fraction of sp³-hybridized carbons (Fsp3) is 0.412. The second kappa shape index (κ2) is 7.57. The lowest BCUT2D eigenvalue weighted by molar-refractivity contribution is 0.0809. The van der Waals surface area contributed by atoms with Crippen LogP contribution in [0.5, 0.6) is 0 Å². The zero-order valence-electron chi connectivity index (χ0n) is 15.7. The van der Waals surface area contributed by atoms with Crippen molar-refractivity contribution >= 4 is 46.9 Å². The molecule has 148 valence electrons. The number of aromatic nitrogens is 4. The van der Waals surface area contributed by atoms with E-state index in [1.165, 1.54) is 10.2 Å². The van der Waals surface area contributed by atoms with Crippen LogP contribution in [0, 0.1) is 0 Å². The van der Waals surface area contributed by atoms with Crippen LogP contribution in [0.1, 0.15) is 0 Å². The smallest absolute Gasteiger partial charge is 0.236 e. The molecule has 3 aromatic heterocycles. The summed E-state index contributed by atoms with van der Waals surface area (Å²) >= 11 is 3.35. The van der Waals surface area contributed by atoms with Crippen molar-refractivity contribution in [1.82, 2.24) is 18.7 Å². The van der Waals surface area contributed by atoms with Gasteiger partial charge in [0.05, 0.1) is 30.8 Å². The quantitative estimate of drug-likeness (QED) is 0.388. The van der Waals surface area contributed by atoms with Crippen LogP contribution in [0.2, 0.25) is 0 Å². The van der Waals surface area contributed by atoms with Crippen molar-refractivity contribution in [2.24, 2.45) is 0 Å². The first kappa shape index (κ1) is 20.4. The fourth-order valence-corrected chi connectivity index (χ4v) is 4.36. The standard InChI is InChI=1S/C17H23BrN4O3S2/c1-26(2,3)6-5-25-12-21-10-13(8-20-21)15-11-22(27(4,23)24)16-9-19-17(18)7-14(15)16/h7-11H,5-6,12H2,1-4H3. The highest BCUT2D eigenvalue weighted by atomic mass is 79.9. The number of nitrogens with zero attached hydrogens (tertiary/aromatic N) is 4. The summed E-state index contributed by atoms with van der Waals surface area (Å²) in [5.74, 6) is 1.05. The predicted molar refractivity (Wildman–Crippen MR) is 115 cm³/mol. The number of ether oxygens (including phenoxy) is 1. The van der Waals surface area contributed by atoms with Crippen molar-refractivity contribution in [2.45, 2.75) is 6.73 Å². The van der Waals surface area contributed by atoms with Crippen LogP contribution in [0.15, 0.2) is 35.5 Å². The van der Waals surface area contributed by atoms with Crippen LogP contribution in [0.4, 0.5) is 0 Å². The van der Waals surface area contributed by atoms with Crippen LogP contribution < -0.4 is 0 Å². The molecule has 0 N–H and O–H groups in total. The van der Waals surface area contributed by atoms with E-state index in [2.05, 4.69) is 44.8 Å². The Balaban J connectivity index is 1.88. The Morgan fingerprint density at radius 2 is 1.89 bits per heavy atom. The van der Waals surface area contributed by atoms with Gasteiger partial charge in [-0.15, -0.1) is 0 Å². The molecule has 0 saturated carbocycles. The molecule has 0 saturated heterocycles. The second-order valence-electron chi connectivity index (χ2n) is 7.23. The van der Waals surface area contributed by atoms with Gasteiger partial charge in [0, 0.05) is 34.7 Å². The van der Waals surface area contributed by atoms with Gasteiger partial charge in [0.25, 0.3) is 0 Å². The lowest BCUT2D eigenvalue weighted by atomic mass is 10.1. The highest BCUT2D eigenvalue weighted by molar-refractivity contribution is 9.10. The minimum absolute atomic E-state index is 0.367. The molecule has 0 bridgehead atoms. The molecule has 0 unspecified atom stereocenters. The molecule has 3 rings (SSSR count). The lowest BCUT2D eigenvalue weighted by Gasteiger charge is -2.24. The lowest BCUT2D eigenvalue weighted by Crippen LogP contribution is -2.10. The number of hydrogen-bond donors (Lipinski definition) is 0. The van der Waals surface area contributed by atoms with E-state index in [9.17, 15) is 8.42 Å².